The van der Waals surface area contributed by atoms with E-state index in [0.29, 0.717) is 0 Å². The summed E-state index contributed by atoms with van der Waals surface area (Å²) >= 11 is 0. The fraction of sp³-hybridized carbons (Fsp3) is 0.778. The van der Waals surface area contributed by atoms with Crippen molar-refractivity contribution < 1.29 is 22.8 Å². The molecule has 7 heteroatoms. The zero-order valence-corrected chi connectivity index (χ0v) is 9.15. The van der Waals surface area contributed by atoms with Crippen molar-refractivity contribution in [3.63, 3.8) is 0 Å². The molecule has 0 aromatic carbocycles. The molecular weight excluding hydrogens is 225 g/mol. The van der Waals surface area contributed by atoms with E-state index in [1.165, 1.54) is 13.8 Å². The summed E-state index contributed by atoms with van der Waals surface area (Å²) in [5, 5.41) is 3.90. The highest BCUT2D eigenvalue weighted by molar-refractivity contribution is 5.77. The van der Waals surface area contributed by atoms with Crippen LogP contribution < -0.4 is 10.6 Å². The van der Waals surface area contributed by atoms with Gasteiger partial charge in [0.2, 0.25) is 11.8 Å². The Balaban J connectivity index is 4.33. The monoisotopic (exact) mass is 240 g/mol. The second-order valence-electron chi connectivity index (χ2n) is 3.17. The Morgan fingerprint density at radius 3 is 2.00 bits per heavy atom. The number of alkyl halides is 3. The lowest BCUT2D eigenvalue weighted by Gasteiger charge is -2.21. The average Bonchev–Trinajstić information content (AvgIpc) is 2.21. The van der Waals surface area contributed by atoms with Crippen LogP contribution in [0, 0.1) is 0 Å². The van der Waals surface area contributed by atoms with E-state index >= 15 is 0 Å². The van der Waals surface area contributed by atoms with Gasteiger partial charge in [0.05, 0.1) is 0 Å². The van der Waals surface area contributed by atoms with Crippen LogP contribution in [0.15, 0.2) is 0 Å². The summed E-state index contributed by atoms with van der Waals surface area (Å²) in [5.41, 5.74) is 0. The number of amides is 2. The predicted molar refractivity (Wildman–Crippen MR) is 51.6 cm³/mol. The van der Waals surface area contributed by atoms with Crippen LogP contribution in [0.1, 0.15) is 26.7 Å². The number of halogens is 3. The third kappa shape index (κ3) is 5.57. The molecule has 2 amide bonds. The quantitative estimate of drug-likeness (QED) is 0.752. The second-order valence-corrected chi connectivity index (χ2v) is 3.17. The van der Waals surface area contributed by atoms with Gasteiger partial charge in [0.1, 0.15) is 6.04 Å². The SMILES string of the molecule is CCC(=O)NC[C@@H](NC(=O)CC)C(F)(F)F. The molecule has 2 N–H and O–H groups in total. The van der Waals surface area contributed by atoms with E-state index in [2.05, 4.69) is 5.32 Å². The summed E-state index contributed by atoms with van der Waals surface area (Å²) < 4.78 is 37.2. The second kappa shape index (κ2) is 6.34. The van der Waals surface area contributed by atoms with Gasteiger partial charge in [0.15, 0.2) is 0 Å². The first-order valence-electron chi connectivity index (χ1n) is 4.94. The average molecular weight is 240 g/mol. The summed E-state index contributed by atoms with van der Waals surface area (Å²) in [4.78, 5) is 21.7. The van der Waals surface area contributed by atoms with Crippen molar-refractivity contribution in [2.75, 3.05) is 6.54 Å². The van der Waals surface area contributed by atoms with Crippen molar-refractivity contribution in [1.82, 2.24) is 10.6 Å². The summed E-state index contributed by atoms with van der Waals surface area (Å²) in [7, 11) is 0. The normalized spacial score (nSPS) is 13.1. The molecule has 0 rings (SSSR count). The summed E-state index contributed by atoms with van der Waals surface area (Å²) in [6.45, 7) is 2.35. The first-order chi connectivity index (χ1) is 7.31. The third-order valence-corrected chi connectivity index (χ3v) is 1.88. The lowest BCUT2D eigenvalue weighted by Crippen LogP contribution is -2.51. The maximum atomic E-state index is 12.4. The van der Waals surface area contributed by atoms with Crippen molar-refractivity contribution in [1.29, 1.82) is 0 Å². The molecule has 0 spiro atoms. The minimum absolute atomic E-state index is 0.0334. The molecule has 0 aliphatic heterocycles. The van der Waals surface area contributed by atoms with Crippen LogP contribution >= 0.6 is 0 Å². The van der Waals surface area contributed by atoms with E-state index in [9.17, 15) is 22.8 Å². The van der Waals surface area contributed by atoms with Gasteiger partial charge in [0, 0.05) is 19.4 Å². The molecule has 4 nitrogen and oxygen atoms in total. The van der Waals surface area contributed by atoms with Crippen LogP contribution in [-0.4, -0.2) is 30.6 Å². The van der Waals surface area contributed by atoms with Crippen molar-refractivity contribution in [2.45, 2.75) is 38.9 Å². The molecule has 0 bridgehead atoms. The van der Waals surface area contributed by atoms with E-state index in [1.54, 1.807) is 0 Å². The van der Waals surface area contributed by atoms with Crippen LogP contribution in [0.3, 0.4) is 0 Å². The fourth-order valence-electron chi connectivity index (χ4n) is 0.886. The number of carbonyl (C=O) groups excluding carboxylic acids is 2. The van der Waals surface area contributed by atoms with Gasteiger partial charge in [-0.25, -0.2) is 0 Å². The van der Waals surface area contributed by atoms with Crippen LogP contribution in [-0.2, 0) is 9.59 Å². The van der Waals surface area contributed by atoms with Gasteiger partial charge >= 0.3 is 6.18 Å². The predicted octanol–water partition coefficient (Wildman–Crippen LogP) is 0.970. The number of rotatable bonds is 5. The first kappa shape index (κ1) is 14.7. The molecule has 1 atom stereocenters. The lowest BCUT2D eigenvalue weighted by molar-refractivity contribution is -0.161. The zero-order valence-electron chi connectivity index (χ0n) is 9.15. The van der Waals surface area contributed by atoms with Crippen molar-refractivity contribution in [3.05, 3.63) is 0 Å². The Kier molecular flexibility index (Phi) is 5.84. The van der Waals surface area contributed by atoms with E-state index in [1.807, 2.05) is 5.32 Å². The van der Waals surface area contributed by atoms with Crippen LogP contribution in [0.4, 0.5) is 13.2 Å². The molecule has 94 valence electrons. The molecule has 0 saturated carbocycles. The van der Waals surface area contributed by atoms with Gasteiger partial charge in [-0.15, -0.1) is 0 Å². The summed E-state index contributed by atoms with van der Waals surface area (Å²) in [6, 6.07) is -2.03. The van der Waals surface area contributed by atoms with Crippen LogP contribution in [0.2, 0.25) is 0 Å². The smallest absolute Gasteiger partial charge is 0.354 e. The van der Waals surface area contributed by atoms with Gasteiger partial charge in [0.25, 0.3) is 0 Å². The van der Waals surface area contributed by atoms with E-state index in [0.717, 1.165) is 0 Å². The Bertz CT molecular complexity index is 254. The maximum absolute atomic E-state index is 12.4. The van der Waals surface area contributed by atoms with Crippen molar-refractivity contribution in [2.24, 2.45) is 0 Å². The topological polar surface area (TPSA) is 58.2 Å². The molecule has 0 heterocycles. The highest BCUT2D eigenvalue weighted by atomic mass is 19.4. The standard InChI is InChI=1S/C9H15F3N2O2/c1-3-7(15)13-5-6(9(10,11)12)14-8(16)4-2/h6H,3-5H2,1-2H3,(H,13,15)(H,14,16)/t6-/m1/s1. The molecular formula is C9H15F3N2O2. The fourth-order valence-corrected chi connectivity index (χ4v) is 0.886. The summed E-state index contributed by atoms with van der Waals surface area (Å²) in [6.07, 6.45) is -4.49. The summed E-state index contributed by atoms with van der Waals surface area (Å²) in [5.74, 6) is -1.19. The highest BCUT2D eigenvalue weighted by Crippen LogP contribution is 2.19. The number of hydrogen-bond donors (Lipinski definition) is 2. The molecule has 0 aromatic heterocycles. The molecule has 0 saturated heterocycles. The minimum Gasteiger partial charge on any atom is -0.354 e. The molecule has 0 radical (unpaired) electrons. The first-order valence-corrected chi connectivity index (χ1v) is 4.94. The maximum Gasteiger partial charge on any atom is 0.410 e. The van der Waals surface area contributed by atoms with Gasteiger partial charge < -0.3 is 10.6 Å². The van der Waals surface area contributed by atoms with Crippen LogP contribution in [0.25, 0.3) is 0 Å². The lowest BCUT2D eigenvalue weighted by atomic mass is 10.2. The van der Waals surface area contributed by atoms with Crippen molar-refractivity contribution >= 4 is 11.8 Å². The van der Waals surface area contributed by atoms with Gasteiger partial charge in [-0.1, -0.05) is 13.8 Å². The van der Waals surface area contributed by atoms with E-state index in [-0.39, 0.29) is 12.8 Å². The van der Waals surface area contributed by atoms with Crippen molar-refractivity contribution in [3.8, 4) is 0 Å². The van der Waals surface area contributed by atoms with E-state index < -0.39 is 30.6 Å². The van der Waals surface area contributed by atoms with Gasteiger partial charge in [-0.2, -0.15) is 13.2 Å². The molecule has 0 aliphatic rings. The molecule has 16 heavy (non-hydrogen) atoms. The van der Waals surface area contributed by atoms with Gasteiger partial charge in [-0.3, -0.25) is 9.59 Å². The zero-order chi connectivity index (χ0) is 12.8. The largest absolute Gasteiger partial charge is 0.410 e. The number of carbonyl (C=O) groups is 2. The molecule has 0 aliphatic carbocycles. The Hall–Kier alpha value is -1.27. The number of nitrogens with one attached hydrogen (secondary N) is 2. The third-order valence-electron chi connectivity index (χ3n) is 1.88. The molecule has 0 unspecified atom stereocenters. The Morgan fingerprint density at radius 1 is 1.12 bits per heavy atom. The molecule has 0 aromatic rings. The number of hydrogen-bond acceptors (Lipinski definition) is 2. The minimum atomic E-state index is -4.56. The van der Waals surface area contributed by atoms with Crippen LogP contribution in [0.5, 0.6) is 0 Å². The van der Waals surface area contributed by atoms with E-state index in [4.69, 9.17) is 0 Å². The Morgan fingerprint density at radius 2 is 1.62 bits per heavy atom. The Labute approximate surface area is 91.6 Å². The van der Waals surface area contributed by atoms with Gasteiger partial charge in [-0.05, 0) is 0 Å². The molecule has 0 fully saturated rings. The highest BCUT2D eigenvalue weighted by Gasteiger charge is 2.40.